The molecule has 0 bridgehead atoms. The van der Waals surface area contributed by atoms with Crippen molar-refractivity contribution in [2.45, 2.75) is 6.61 Å². The van der Waals surface area contributed by atoms with Gasteiger partial charge >= 0.3 is 0 Å². The second-order valence-electron chi connectivity index (χ2n) is 4.99. The van der Waals surface area contributed by atoms with Crippen LogP contribution in [0.3, 0.4) is 0 Å². The standard InChI is InChI=1S/C16H10Cl2N4O2/c17-11-3-1-10(2-4-11)15-8-19-16(24-15)9-23-22-14-7-12(18)5-6-13(14)20-21-22/h1-8H,9H2. The van der Waals surface area contributed by atoms with Gasteiger partial charge in [0.05, 0.1) is 6.20 Å². The Labute approximate surface area is 146 Å². The smallest absolute Gasteiger partial charge is 0.235 e. The molecule has 6 nitrogen and oxygen atoms in total. The summed E-state index contributed by atoms with van der Waals surface area (Å²) in [5, 5.41) is 9.17. The second-order valence-corrected chi connectivity index (χ2v) is 5.87. The van der Waals surface area contributed by atoms with E-state index in [1.165, 1.54) is 4.85 Å². The highest BCUT2D eigenvalue weighted by Gasteiger charge is 2.10. The van der Waals surface area contributed by atoms with E-state index < -0.39 is 0 Å². The van der Waals surface area contributed by atoms with E-state index in [0.29, 0.717) is 32.7 Å². The predicted molar refractivity (Wildman–Crippen MR) is 89.8 cm³/mol. The predicted octanol–water partition coefficient (Wildman–Crippen LogP) is 4.02. The molecule has 0 amide bonds. The summed E-state index contributed by atoms with van der Waals surface area (Å²) in [6, 6.07) is 12.6. The molecule has 24 heavy (non-hydrogen) atoms. The van der Waals surface area contributed by atoms with E-state index in [4.69, 9.17) is 32.5 Å². The van der Waals surface area contributed by atoms with E-state index in [2.05, 4.69) is 15.3 Å². The van der Waals surface area contributed by atoms with Gasteiger partial charge in [0.2, 0.25) is 5.89 Å². The highest BCUT2D eigenvalue weighted by molar-refractivity contribution is 6.31. The highest BCUT2D eigenvalue weighted by atomic mass is 35.5. The third-order valence-corrected chi connectivity index (χ3v) is 3.86. The molecule has 0 fully saturated rings. The van der Waals surface area contributed by atoms with Crippen LogP contribution in [0.4, 0.5) is 0 Å². The third-order valence-electron chi connectivity index (χ3n) is 3.37. The average Bonchev–Trinajstić information content (AvgIpc) is 3.20. The summed E-state index contributed by atoms with van der Waals surface area (Å²) >= 11 is 11.9. The van der Waals surface area contributed by atoms with Gasteiger partial charge in [-0.25, -0.2) is 4.98 Å². The summed E-state index contributed by atoms with van der Waals surface area (Å²) in [6.45, 7) is 0.110. The largest absolute Gasteiger partial charge is 0.437 e. The molecule has 0 saturated heterocycles. The van der Waals surface area contributed by atoms with Gasteiger partial charge in [-0.15, -0.1) is 5.10 Å². The van der Waals surface area contributed by atoms with Crippen LogP contribution in [0.25, 0.3) is 22.4 Å². The quantitative estimate of drug-likeness (QED) is 0.549. The molecule has 0 unspecified atom stereocenters. The van der Waals surface area contributed by atoms with Crippen molar-refractivity contribution in [1.82, 2.24) is 20.1 Å². The Kier molecular flexibility index (Phi) is 3.84. The third kappa shape index (κ3) is 2.93. The molecule has 0 aliphatic carbocycles. The minimum Gasteiger partial charge on any atom is -0.437 e. The summed E-state index contributed by atoms with van der Waals surface area (Å²) in [4.78, 5) is 11.1. The fourth-order valence-electron chi connectivity index (χ4n) is 2.21. The van der Waals surface area contributed by atoms with Gasteiger partial charge in [0.15, 0.2) is 12.4 Å². The lowest BCUT2D eigenvalue weighted by molar-refractivity contribution is 0.0619. The zero-order valence-corrected chi connectivity index (χ0v) is 13.7. The van der Waals surface area contributed by atoms with Crippen molar-refractivity contribution in [3.63, 3.8) is 0 Å². The number of nitrogens with zero attached hydrogens (tertiary/aromatic N) is 4. The first-order valence-corrected chi connectivity index (χ1v) is 7.79. The topological polar surface area (TPSA) is 66.0 Å². The number of rotatable bonds is 4. The molecule has 2 aromatic heterocycles. The van der Waals surface area contributed by atoms with E-state index in [1.807, 2.05) is 12.1 Å². The van der Waals surface area contributed by atoms with E-state index in [0.717, 1.165) is 5.56 Å². The van der Waals surface area contributed by atoms with Crippen LogP contribution >= 0.6 is 23.2 Å². The van der Waals surface area contributed by atoms with Gasteiger partial charge in [-0.1, -0.05) is 28.0 Å². The van der Waals surface area contributed by atoms with Crippen molar-refractivity contribution < 1.29 is 9.25 Å². The van der Waals surface area contributed by atoms with E-state index >= 15 is 0 Å². The normalized spacial score (nSPS) is 11.1. The van der Waals surface area contributed by atoms with E-state index in [1.54, 1.807) is 36.5 Å². The fraction of sp³-hybridized carbons (Fsp3) is 0.0625. The SMILES string of the molecule is Clc1ccc(-c2cnc(COn3nnc4ccc(Cl)cc43)o2)cc1. The number of fused-ring (bicyclic) bond motifs is 1. The second kappa shape index (κ2) is 6.14. The van der Waals surface area contributed by atoms with Crippen LogP contribution in [0.5, 0.6) is 0 Å². The first-order chi connectivity index (χ1) is 11.7. The maximum atomic E-state index is 5.98. The molecule has 0 aliphatic heterocycles. The van der Waals surface area contributed by atoms with Crippen molar-refractivity contribution in [1.29, 1.82) is 0 Å². The van der Waals surface area contributed by atoms with Crippen molar-refractivity contribution in [3.05, 3.63) is 64.6 Å². The Balaban J connectivity index is 1.51. The van der Waals surface area contributed by atoms with Crippen LogP contribution in [-0.2, 0) is 6.61 Å². The van der Waals surface area contributed by atoms with Gasteiger partial charge in [0, 0.05) is 15.6 Å². The highest BCUT2D eigenvalue weighted by Crippen LogP contribution is 2.22. The van der Waals surface area contributed by atoms with E-state index in [9.17, 15) is 0 Å². The minimum absolute atomic E-state index is 0.110. The summed E-state index contributed by atoms with van der Waals surface area (Å²) in [7, 11) is 0. The van der Waals surface area contributed by atoms with E-state index in [-0.39, 0.29) is 6.61 Å². The molecular weight excluding hydrogens is 351 g/mol. The van der Waals surface area contributed by atoms with Crippen LogP contribution in [0.15, 0.2) is 53.1 Å². The Hall–Kier alpha value is -2.57. The number of hydrogen-bond acceptors (Lipinski definition) is 5. The molecular formula is C16H10Cl2N4O2. The van der Waals surface area contributed by atoms with Crippen LogP contribution in [-0.4, -0.2) is 20.1 Å². The van der Waals surface area contributed by atoms with Crippen LogP contribution < -0.4 is 4.84 Å². The molecule has 4 aromatic rings. The van der Waals surface area contributed by atoms with Gasteiger partial charge in [-0.2, -0.15) is 0 Å². The number of aromatic nitrogens is 4. The van der Waals surface area contributed by atoms with Gasteiger partial charge in [0.1, 0.15) is 11.0 Å². The van der Waals surface area contributed by atoms with Crippen LogP contribution in [0.2, 0.25) is 10.0 Å². The van der Waals surface area contributed by atoms with Crippen molar-refractivity contribution in [2.24, 2.45) is 0 Å². The van der Waals surface area contributed by atoms with Crippen LogP contribution in [0, 0.1) is 0 Å². The van der Waals surface area contributed by atoms with Crippen molar-refractivity contribution in [3.8, 4) is 11.3 Å². The molecule has 0 atom stereocenters. The Morgan fingerprint density at radius 1 is 1.04 bits per heavy atom. The zero-order chi connectivity index (χ0) is 16.5. The Morgan fingerprint density at radius 2 is 1.83 bits per heavy atom. The summed E-state index contributed by atoms with van der Waals surface area (Å²) in [5.41, 5.74) is 2.25. The molecule has 8 heteroatoms. The molecule has 0 saturated carbocycles. The molecule has 2 aromatic carbocycles. The first-order valence-electron chi connectivity index (χ1n) is 7.04. The molecule has 0 spiro atoms. The zero-order valence-electron chi connectivity index (χ0n) is 12.2. The summed E-state index contributed by atoms with van der Waals surface area (Å²) in [5.74, 6) is 1.06. The molecule has 2 heterocycles. The number of halogens is 2. The fourth-order valence-corrected chi connectivity index (χ4v) is 2.50. The molecule has 4 rings (SSSR count). The maximum absolute atomic E-state index is 5.98. The molecule has 0 aliphatic rings. The number of benzene rings is 2. The van der Waals surface area contributed by atoms with Gasteiger partial charge < -0.3 is 9.25 Å². The first kappa shape index (κ1) is 15.0. The Morgan fingerprint density at radius 3 is 2.67 bits per heavy atom. The summed E-state index contributed by atoms with van der Waals surface area (Å²) < 4.78 is 5.68. The maximum Gasteiger partial charge on any atom is 0.235 e. The molecule has 0 radical (unpaired) electrons. The molecule has 0 N–H and O–H groups in total. The van der Waals surface area contributed by atoms with Gasteiger partial charge in [0.25, 0.3) is 0 Å². The monoisotopic (exact) mass is 360 g/mol. The van der Waals surface area contributed by atoms with Gasteiger partial charge in [-0.05, 0) is 47.7 Å². The lowest BCUT2D eigenvalue weighted by atomic mass is 10.2. The number of oxazole rings is 1. The van der Waals surface area contributed by atoms with Crippen molar-refractivity contribution in [2.75, 3.05) is 0 Å². The lowest BCUT2D eigenvalue weighted by Gasteiger charge is -2.02. The van der Waals surface area contributed by atoms with Crippen LogP contribution in [0.1, 0.15) is 5.89 Å². The minimum atomic E-state index is 0.110. The number of hydrogen-bond donors (Lipinski definition) is 0. The lowest BCUT2D eigenvalue weighted by Crippen LogP contribution is -2.12. The Bertz CT molecular complexity index is 995. The van der Waals surface area contributed by atoms with Crippen molar-refractivity contribution >= 4 is 34.2 Å². The average molecular weight is 361 g/mol. The summed E-state index contributed by atoms with van der Waals surface area (Å²) in [6.07, 6.45) is 1.64. The van der Waals surface area contributed by atoms with Gasteiger partial charge in [-0.3, -0.25) is 0 Å². The molecule has 120 valence electrons.